The maximum absolute atomic E-state index is 12.4. The molecular formula is C19H21NO3S2. The lowest BCUT2D eigenvalue weighted by Gasteiger charge is -2.13. The molecule has 25 heavy (non-hydrogen) atoms. The van der Waals surface area contributed by atoms with E-state index in [1.54, 1.807) is 11.0 Å². The Labute approximate surface area is 157 Å². The van der Waals surface area contributed by atoms with E-state index in [2.05, 4.69) is 0 Å². The fraction of sp³-hybridized carbons (Fsp3) is 0.316. The van der Waals surface area contributed by atoms with Crippen LogP contribution in [0.3, 0.4) is 0 Å². The molecule has 1 fully saturated rings. The Balaban J connectivity index is 1.85. The SMILES string of the molecule is CCCOC(=O)CCCN1C(=O)C(=CC=Cc2ccccc2)SC1=S. The predicted molar refractivity (Wildman–Crippen MR) is 106 cm³/mol. The molecule has 0 radical (unpaired) electrons. The minimum atomic E-state index is -0.228. The average molecular weight is 376 g/mol. The third-order valence-corrected chi connectivity index (χ3v) is 4.84. The van der Waals surface area contributed by atoms with E-state index in [0.29, 0.717) is 35.2 Å². The quantitative estimate of drug-likeness (QED) is 0.388. The van der Waals surface area contributed by atoms with Crippen LogP contribution in [0.5, 0.6) is 0 Å². The molecular weight excluding hydrogens is 354 g/mol. The first-order valence-electron chi connectivity index (χ1n) is 8.24. The normalized spacial score (nSPS) is 16.2. The van der Waals surface area contributed by atoms with E-state index >= 15 is 0 Å². The number of hydrogen-bond acceptors (Lipinski definition) is 5. The lowest BCUT2D eigenvalue weighted by molar-refractivity contribution is -0.144. The van der Waals surface area contributed by atoms with Crippen LogP contribution in [0.2, 0.25) is 0 Å². The Morgan fingerprint density at radius 1 is 1.32 bits per heavy atom. The molecule has 4 nitrogen and oxygen atoms in total. The maximum atomic E-state index is 12.4. The summed E-state index contributed by atoms with van der Waals surface area (Å²) in [6.45, 7) is 2.83. The van der Waals surface area contributed by atoms with Crippen molar-refractivity contribution in [2.45, 2.75) is 26.2 Å². The largest absolute Gasteiger partial charge is 0.466 e. The van der Waals surface area contributed by atoms with Gasteiger partial charge in [-0.1, -0.05) is 73.4 Å². The molecule has 0 unspecified atom stereocenters. The maximum Gasteiger partial charge on any atom is 0.305 e. The van der Waals surface area contributed by atoms with Gasteiger partial charge in [-0.15, -0.1) is 0 Å². The summed E-state index contributed by atoms with van der Waals surface area (Å²) in [6.07, 6.45) is 7.22. The van der Waals surface area contributed by atoms with Crippen LogP contribution in [0.25, 0.3) is 6.08 Å². The minimum Gasteiger partial charge on any atom is -0.466 e. The molecule has 0 atom stereocenters. The molecule has 0 N–H and O–H groups in total. The number of thioether (sulfide) groups is 1. The summed E-state index contributed by atoms with van der Waals surface area (Å²) in [7, 11) is 0. The molecule has 0 bridgehead atoms. The van der Waals surface area contributed by atoms with Gasteiger partial charge in [-0.2, -0.15) is 0 Å². The zero-order chi connectivity index (χ0) is 18.1. The van der Waals surface area contributed by atoms with Gasteiger partial charge in [-0.3, -0.25) is 14.5 Å². The number of rotatable bonds is 8. The highest BCUT2D eigenvalue weighted by atomic mass is 32.2. The molecule has 132 valence electrons. The van der Waals surface area contributed by atoms with Gasteiger partial charge in [0, 0.05) is 13.0 Å². The van der Waals surface area contributed by atoms with Crippen molar-refractivity contribution < 1.29 is 14.3 Å². The number of amides is 1. The second kappa shape index (κ2) is 10.2. The predicted octanol–water partition coefficient (Wildman–Crippen LogP) is 4.18. The van der Waals surface area contributed by atoms with Gasteiger partial charge in [-0.25, -0.2) is 0 Å². The average Bonchev–Trinajstić information content (AvgIpc) is 2.88. The van der Waals surface area contributed by atoms with Crippen molar-refractivity contribution in [3.63, 3.8) is 0 Å². The van der Waals surface area contributed by atoms with Crippen LogP contribution < -0.4 is 0 Å². The lowest BCUT2D eigenvalue weighted by Crippen LogP contribution is -2.29. The molecule has 0 aliphatic carbocycles. The van der Waals surface area contributed by atoms with Gasteiger partial charge in [0.15, 0.2) is 0 Å². The molecule has 0 saturated carbocycles. The Hall–Kier alpha value is -1.92. The van der Waals surface area contributed by atoms with E-state index in [0.717, 1.165) is 12.0 Å². The molecule has 1 saturated heterocycles. The Morgan fingerprint density at radius 2 is 2.08 bits per heavy atom. The molecule has 1 amide bonds. The molecule has 6 heteroatoms. The van der Waals surface area contributed by atoms with Crippen molar-refractivity contribution in [1.82, 2.24) is 4.90 Å². The van der Waals surface area contributed by atoms with Crippen molar-refractivity contribution in [3.8, 4) is 0 Å². The summed E-state index contributed by atoms with van der Waals surface area (Å²) >= 11 is 6.57. The van der Waals surface area contributed by atoms with Crippen molar-refractivity contribution in [2.75, 3.05) is 13.2 Å². The van der Waals surface area contributed by atoms with E-state index in [1.165, 1.54) is 11.8 Å². The minimum absolute atomic E-state index is 0.102. The van der Waals surface area contributed by atoms with Crippen LogP contribution in [0.1, 0.15) is 31.7 Å². The van der Waals surface area contributed by atoms with Crippen LogP contribution in [0, 0.1) is 0 Å². The zero-order valence-electron chi connectivity index (χ0n) is 14.1. The number of benzene rings is 1. The Kier molecular flexibility index (Phi) is 7.88. The third kappa shape index (κ3) is 6.14. The molecule has 1 aliphatic rings. The summed E-state index contributed by atoms with van der Waals surface area (Å²) < 4.78 is 5.56. The molecule has 0 aromatic heterocycles. The molecule has 0 spiro atoms. The van der Waals surface area contributed by atoms with Crippen LogP contribution in [0.4, 0.5) is 0 Å². The molecule has 1 aliphatic heterocycles. The van der Waals surface area contributed by atoms with E-state index in [1.807, 2.05) is 49.4 Å². The summed E-state index contributed by atoms with van der Waals surface area (Å²) in [6, 6.07) is 9.87. The molecule has 1 heterocycles. The first-order valence-corrected chi connectivity index (χ1v) is 9.47. The number of esters is 1. The number of thiocarbonyl (C=S) groups is 1. The number of hydrogen-bond donors (Lipinski definition) is 0. The van der Waals surface area contributed by atoms with Gasteiger partial charge in [0.05, 0.1) is 11.5 Å². The summed E-state index contributed by atoms with van der Waals surface area (Å²) in [5.74, 6) is -0.330. The van der Waals surface area contributed by atoms with Gasteiger partial charge in [0.25, 0.3) is 5.91 Å². The van der Waals surface area contributed by atoms with E-state index in [9.17, 15) is 9.59 Å². The summed E-state index contributed by atoms with van der Waals surface area (Å²) in [5.41, 5.74) is 1.07. The van der Waals surface area contributed by atoms with E-state index < -0.39 is 0 Å². The number of carbonyl (C=O) groups is 2. The fourth-order valence-corrected chi connectivity index (χ4v) is 3.45. The third-order valence-electron chi connectivity index (χ3n) is 3.44. The number of nitrogens with zero attached hydrogens (tertiary/aromatic N) is 1. The first kappa shape index (κ1) is 19.4. The zero-order valence-corrected chi connectivity index (χ0v) is 15.8. The van der Waals surface area contributed by atoms with Gasteiger partial charge < -0.3 is 4.74 Å². The molecule has 2 rings (SSSR count). The number of ether oxygens (including phenoxy) is 1. The van der Waals surface area contributed by atoms with Gasteiger partial charge in [0.2, 0.25) is 0 Å². The van der Waals surface area contributed by atoms with Crippen LogP contribution in [-0.2, 0) is 14.3 Å². The van der Waals surface area contributed by atoms with E-state index in [-0.39, 0.29) is 11.9 Å². The highest BCUT2D eigenvalue weighted by Crippen LogP contribution is 2.31. The van der Waals surface area contributed by atoms with Crippen molar-refractivity contribution >= 4 is 46.3 Å². The number of carbonyl (C=O) groups excluding carboxylic acids is 2. The smallest absolute Gasteiger partial charge is 0.305 e. The topological polar surface area (TPSA) is 46.6 Å². The standard InChI is InChI=1S/C19H21NO3S2/c1-2-14-23-17(21)12-7-13-20-18(22)16(25-19(20)24)11-6-10-15-8-4-3-5-9-15/h3-6,8-11H,2,7,12-14H2,1H3. The van der Waals surface area contributed by atoms with Crippen molar-refractivity contribution in [2.24, 2.45) is 0 Å². The second-order valence-corrected chi connectivity index (χ2v) is 7.13. The van der Waals surface area contributed by atoms with E-state index in [4.69, 9.17) is 17.0 Å². The number of allylic oxidation sites excluding steroid dienone is 2. The van der Waals surface area contributed by atoms with Crippen LogP contribution in [0.15, 0.2) is 47.4 Å². The van der Waals surface area contributed by atoms with Gasteiger partial charge in [0.1, 0.15) is 4.32 Å². The fourth-order valence-electron chi connectivity index (χ4n) is 2.19. The van der Waals surface area contributed by atoms with Crippen LogP contribution in [-0.4, -0.2) is 34.2 Å². The Morgan fingerprint density at radius 3 is 2.80 bits per heavy atom. The lowest BCUT2D eigenvalue weighted by atomic mass is 10.2. The monoisotopic (exact) mass is 375 g/mol. The molecule has 1 aromatic carbocycles. The second-order valence-electron chi connectivity index (χ2n) is 5.45. The summed E-state index contributed by atoms with van der Waals surface area (Å²) in [5, 5.41) is 0. The Bertz CT molecular complexity index is 683. The highest BCUT2D eigenvalue weighted by molar-refractivity contribution is 8.26. The van der Waals surface area contributed by atoms with Crippen molar-refractivity contribution in [3.05, 3.63) is 53.0 Å². The highest BCUT2D eigenvalue weighted by Gasteiger charge is 2.31. The van der Waals surface area contributed by atoms with Crippen molar-refractivity contribution in [1.29, 1.82) is 0 Å². The summed E-state index contributed by atoms with van der Waals surface area (Å²) in [4.78, 5) is 26.1. The van der Waals surface area contributed by atoms with Crippen LogP contribution >= 0.6 is 24.0 Å². The first-order chi connectivity index (χ1) is 12.1. The van der Waals surface area contributed by atoms with Gasteiger partial charge >= 0.3 is 5.97 Å². The molecule has 1 aromatic rings. The van der Waals surface area contributed by atoms with Gasteiger partial charge in [-0.05, 0) is 24.5 Å².